The molecule has 1 spiro atoms. The van der Waals surface area contributed by atoms with Gasteiger partial charge in [-0.25, -0.2) is 0 Å². The van der Waals surface area contributed by atoms with Crippen LogP contribution in [0.15, 0.2) is 12.2 Å². The molecular formula is C11H14OS2. The van der Waals surface area contributed by atoms with E-state index in [4.69, 9.17) is 0 Å². The monoisotopic (exact) mass is 226 g/mol. The summed E-state index contributed by atoms with van der Waals surface area (Å²) in [5.41, 5.74) is 0. The number of fused-ring (bicyclic) bond motifs is 2. The van der Waals surface area contributed by atoms with Crippen LogP contribution in [0.3, 0.4) is 0 Å². The van der Waals surface area contributed by atoms with Crippen molar-refractivity contribution in [2.75, 3.05) is 11.5 Å². The number of ketones is 1. The summed E-state index contributed by atoms with van der Waals surface area (Å²) in [6.45, 7) is 0. The minimum atomic E-state index is 0.242. The van der Waals surface area contributed by atoms with Crippen LogP contribution in [0.5, 0.6) is 0 Å². The Kier molecular flexibility index (Phi) is 2.21. The first-order chi connectivity index (χ1) is 6.80. The third-order valence-corrected chi connectivity index (χ3v) is 7.23. The van der Waals surface area contributed by atoms with E-state index in [9.17, 15) is 4.79 Å². The first-order valence-corrected chi connectivity index (χ1v) is 7.26. The van der Waals surface area contributed by atoms with E-state index in [0.717, 1.165) is 19.3 Å². The van der Waals surface area contributed by atoms with Crippen molar-refractivity contribution in [3.63, 3.8) is 0 Å². The number of hydrogen-bond donors (Lipinski definition) is 0. The zero-order valence-electron chi connectivity index (χ0n) is 8.07. The predicted molar refractivity (Wildman–Crippen MR) is 62.6 cm³/mol. The first-order valence-electron chi connectivity index (χ1n) is 5.29. The molecule has 0 radical (unpaired) electrons. The van der Waals surface area contributed by atoms with Gasteiger partial charge in [-0.3, -0.25) is 4.79 Å². The van der Waals surface area contributed by atoms with Crippen LogP contribution in [-0.4, -0.2) is 21.4 Å². The predicted octanol–water partition coefficient (Wildman–Crippen LogP) is 2.72. The number of allylic oxidation sites excluding steroid dienone is 2. The maximum absolute atomic E-state index is 11.7. The van der Waals surface area contributed by atoms with E-state index < -0.39 is 0 Å². The quantitative estimate of drug-likeness (QED) is 0.591. The second-order valence-electron chi connectivity index (χ2n) is 4.32. The lowest BCUT2D eigenvalue weighted by Gasteiger charge is -2.36. The SMILES string of the molecule is O=C1CC[C@H]2C=C[C@H]1CC21SCCS1. The number of thioether (sulfide) groups is 2. The zero-order valence-corrected chi connectivity index (χ0v) is 9.70. The summed E-state index contributed by atoms with van der Waals surface area (Å²) in [7, 11) is 0. The number of rotatable bonds is 0. The molecule has 2 bridgehead atoms. The van der Waals surface area contributed by atoms with Gasteiger partial charge in [0.25, 0.3) is 0 Å². The molecule has 0 amide bonds. The van der Waals surface area contributed by atoms with Crippen LogP contribution >= 0.6 is 23.5 Å². The van der Waals surface area contributed by atoms with Gasteiger partial charge < -0.3 is 0 Å². The lowest BCUT2D eigenvalue weighted by Crippen LogP contribution is -2.32. The lowest BCUT2D eigenvalue weighted by molar-refractivity contribution is -0.121. The Balaban J connectivity index is 1.96. The van der Waals surface area contributed by atoms with Gasteiger partial charge in [-0.2, -0.15) is 0 Å². The molecule has 0 aromatic heterocycles. The molecule has 3 heteroatoms. The summed E-state index contributed by atoms with van der Waals surface area (Å²) < 4.78 is 0.381. The number of Topliss-reactive ketones (excluding diaryl/α,β-unsaturated/α-hetero) is 1. The van der Waals surface area contributed by atoms with E-state index in [1.807, 2.05) is 0 Å². The Labute approximate surface area is 93.1 Å². The van der Waals surface area contributed by atoms with E-state index in [1.165, 1.54) is 11.5 Å². The molecule has 4 rings (SSSR count). The molecule has 14 heavy (non-hydrogen) atoms. The molecule has 1 nitrogen and oxygen atoms in total. The molecule has 1 aliphatic heterocycles. The van der Waals surface area contributed by atoms with Crippen LogP contribution in [0.1, 0.15) is 19.3 Å². The van der Waals surface area contributed by atoms with Crippen LogP contribution < -0.4 is 0 Å². The van der Waals surface area contributed by atoms with E-state index in [-0.39, 0.29) is 5.92 Å². The molecule has 0 N–H and O–H groups in total. The Morgan fingerprint density at radius 1 is 1.29 bits per heavy atom. The average molecular weight is 226 g/mol. The molecule has 4 aliphatic rings. The Morgan fingerprint density at radius 2 is 2.07 bits per heavy atom. The van der Waals surface area contributed by atoms with Crippen molar-refractivity contribution in [2.24, 2.45) is 11.8 Å². The Morgan fingerprint density at radius 3 is 2.86 bits per heavy atom. The van der Waals surface area contributed by atoms with Crippen molar-refractivity contribution in [3.8, 4) is 0 Å². The normalized spacial score (nSPS) is 39.3. The molecular weight excluding hydrogens is 212 g/mol. The van der Waals surface area contributed by atoms with E-state index in [1.54, 1.807) is 0 Å². The maximum Gasteiger partial charge on any atom is 0.139 e. The highest BCUT2D eigenvalue weighted by molar-refractivity contribution is 8.21. The van der Waals surface area contributed by atoms with Crippen LogP contribution in [0.4, 0.5) is 0 Å². The summed E-state index contributed by atoms with van der Waals surface area (Å²) in [6, 6.07) is 0. The maximum atomic E-state index is 11.7. The van der Waals surface area contributed by atoms with Gasteiger partial charge in [0.1, 0.15) is 5.78 Å². The second-order valence-corrected chi connectivity index (χ2v) is 7.43. The summed E-state index contributed by atoms with van der Waals surface area (Å²) in [6.07, 6.45) is 7.49. The van der Waals surface area contributed by atoms with Crippen LogP contribution in [0.25, 0.3) is 0 Å². The van der Waals surface area contributed by atoms with E-state index >= 15 is 0 Å². The molecule has 1 heterocycles. The van der Waals surface area contributed by atoms with Gasteiger partial charge in [-0.1, -0.05) is 12.2 Å². The minimum Gasteiger partial charge on any atom is -0.299 e. The summed E-state index contributed by atoms with van der Waals surface area (Å²) in [5.74, 6) is 3.93. The average Bonchev–Trinajstić information content (AvgIpc) is 2.52. The minimum absolute atomic E-state index is 0.242. The largest absolute Gasteiger partial charge is 0.299 e. The first kappa shape index (κ1) is 9.34. The second kappa shape index (κ2) is 3.31. The topological polar surface area (TPSA) is 17.1 Å². The standard InChI is InChI=1S/C11H14OS2/c12-10-4-3-9-2-1-8(10)7-11(9)13-5-6-14-11/h1-2,8-9H,3-7H2/t8-,9+/m0/s1. The van der Waals surface area contributed by atoms with Gasteiger partial charge in [0.15, 0.2) is 0 Å². The molecule has 2 fully saturated rings. The lowest BCUT2D eigenvalue weighted by atomic mass is 9.89. The molecule has 3 aliphatic carbocycles. The smallest absolute Gasteiger partial charge is 0.139 e. The van der Waals surface area contributed by atoms with Crippen molar-refractivity contribution in [3.05, 3.63) is 12.2 Å². The molecule has 76 valence electrons. The number of hydrogen-bond acceptors (Lipinski definition) is 3. The third-order valence-electron chi connectivity index (χ3n) is 3.54. The summed E-state index contributed by atoms with van der Waals surface area (Å²) >= 11 is 4.21. The highest BCUT2D eigenvalue weighted by Gasteiger charge is 2.48. The van der Waals surface area contributed by atoms with Gasteiger partial charge in [0.05, 0.1) is 4.08 Å². The molecule has 2 atom stereocenters. The van der Waals surface area contributed by atoms with Crippen molar-refractivity contribution in [1.82, 2.24) is 0 Å². The van der Waals surface area contributed by atoms with E-state index in [2.05, 4.69) is 35.7 Å². The number of carbonyl (C=O) groups is 1. The Hall–Kier alpha value is 0.110. The van der Waals surface area contributed by atoms with E-state index in [0.29, 0.717) is 15.8 Å². The van der Waals surface area contributed by atoms with Crippen molar-refractivity contribution >= 4 is 29.3 Å². The molecule has 1 saturated heterocycles. The van der Waals surface area contributed by atoms with Crippen LogP contribution in [0, 0.1) is 11.8 Å². The molecule has 0 aromatic carbocycles. The highest BCUT2D eigenvalue weighted by atomic mass is 32.2. The van der Waals surface area contributed by atoms with Crippen LogP contribution in [0.2, 0.25) is 0 Å². The van der Waals surface area contributed by atoms with Gasteiger partial charge in [-0.15, -0.1) is 23.5 Å². The van der Waals surface area contributed by atoms with Crippen molar-refractivity contribution < 1.29 is 4.79 Å². The van der Waals surface area contributed by atoms with Gasteiger partial charge in [-0.05, 0) is 12.8 Å². The fourth-order valence-corrected chi connectivity index (χ4v) is 6.37. The molecule has 0 aromatic rings. The fraction of sp³-hybridized carbons (Fsp3) is 0.727. The Bertz CT molecular complexity index is 292. The number of carbonyl (C=O) groups excluding carboxylic acids is 1. The van der Waals surface area contributed by atoms with Crippen molar-refractivity contribution in [1.29, 1.82) is 0 Å². The van der Waals surface area contributed by atoms with Crippen LogP contribution in [-0.2, 0) is 4.79 Å². The third kappa shape index (κ3) is 1.28. The van der Waals surface area contributed by atoms with Gasteiger partial charge >= 0.3 is 0 Å². The fourth-order valence-electron chi connectivity index (χ4n) is 2.76. The van der Waals surface area contributed by atoms with Gasteiger partial charge in [0.2, 0.25) is 0 Å². The molecule has 1 saturated carbocycles. The highest BCUT2D eigenvalue weighted by Crippen LogP contribution is 2.57. The van der Waals surface area contributed by atoms with Crippen molar-refractivity contribution in [2.45, 2.75) is 23.3 Å². The molecule has 0 unspecified atom stereocenters. The summed E-state index contributed by atoms with van der Waals surface area (Å²) in [5, 5.41) is 0. The summed E-state index contributed by atoms with van der Waals surface area (Å²) in [4.78, 5) is 11.7. The zero-order chi connectivity index (χ0) is 9.60. The van der Waals surface area contributed by atoms with Gasteiger partial charge in [0, 0.05) is 29.8 Å².